The first-order valence-corrected chi connectivity index (χ1v) is 10.2. The summed E-state index contributed by atoms with van der Waals surface area (Å²) in [4.78, 5) is 13.2. The fraction of sp³-hybridized carbons (Fsp3) is 0.500. The Bertz CT molecular complexity index is 860. The van der Waals surface area contributed by atoms with Crippen molar-refractivity contribution in [1.82, 2.24) is 4.90 Å². The van der Waals surface area contributed by atoms with Crippen molar-refractivity contribution in [1.29, 1.82) is 0 Å². The zero-order valence-electron chi connectivity index (χ0n) is 17.0. The summed E-state index contributed by atoms with van der Waals surface area (Å²) in [5.41, 5.74) is 0.0333. The van der Waals surface area contributed by atoms with Crippen molar-refractivity contribution < 1.29 is 41.0 Å². The smallest absolute Gasteiger partial charge is 0.481 e. The van der Waals surface area contributed by atoms with Gasteiger partial charge in [-0.25, -0.2) is 0 Å². The van der Waals surface area contributed by atoms with E-state index in [0.717, 1.165) is 17.7 Å². The lowest BCUT2D eigenvalue weighted by Crippen LogP contribution is -2.46. The van der Waals surface area contributed by atoms with Crippen LogP contribution in [0.2, 0.25) is 0 Å². The molecular weight excluding hydrogens is 440 g/mol. The zero-order valence-corrected chi connectivity index (χ0v) is 17.0. The number of hydrogen-bond donors (Lipinski definition) is 1. The summed E-state index contributed by atoms with van der Waals surface area (Å²) in [5.74, 6) is -1.55. The number of likely N-dealkylation sites (tertiary alicyclic amines) is 1. The highest BCUT2D eigenvalue weighted by Crippen LogP contribution is 2.37. The second kappa shape index (κ2) is 9.56. The van der Waals surface area contributed by atoms with E-state index in [-0.39, 0.29) is 36.5 Å². The topological polar surface area (TPSA) is 49.8 Å². The Labute approximate surface area is 181 Å². The highest BCUT2D eigenvalue weighted by Gasteiger charge is 2.37. The SMILES string of the molecule is O=C(O)C[C@H]1CCN(Cc2ccc(OC(F)(F)F)cc2)[C@@H](C2C=CC(C(F)(F)F)=CC2)C1. The first kappa shape index (κ1) is 24.2. The number of aliphatic carboxylic acids is 1. The number of allylic oxidation sites excluding steroid dienone is 3. The molecule has 1 aliphatic heterocycles. The fourth-order valence-electron chi connectivity index (χ4n) is 4.36. The predicted molar refractivity (Wildman–Crippen MR) is 104 cm³/mol. The van der Waals surface area contributed by atoms with Crippen LogP contribution in [0.4, 0.5) is 26.3 Å². The average molecular weight is 463 g/mol. The maximum absolute atomic E-state index is 12.9. The summed E-state index contributed by atoms with van der Waals surface area (Å²) in [5, 5.41) is 9.14. The molecule has 1 fully saturated rings. The third kappa shape index (κ3) is 6.75. The standard InChI is InChI=1S/C22H23F6NO3/c23-21(24,25)17-5-3-16(4-6-17)19-11-15(12-20(30)31)9-10-29(19)13-14-1-7-18(8-2-14)32-22(26,27)28/h1-3,5-8,15-16,19H,4,9-13H2,(H,30,31)/t15-,16?,19+/m0/s1. The molecule has 0 bridgehead atoms. The average Bonchev–Trinajstić information content (AvgIpc) is 2.68. The van der Waals surface area contributed by atoms with Gasteiger partial charge in [0, 0.05) is 19.0 Å². The molecule has 0 aromatic heterocycles. The summed E-state index contributed by atoms with van der Waals surface area (Å²) in [7, 11) is 0. The minimum atomic E-state index is -4.78. The molecule has 4 nitrogen and oxygen atoms in total. The number of nitrogens with zero attached hydrogens (tertiary/aromatic N) is 1. The number of halogens is 6. The Morgan fingerprint density at radius 2 is 1.81 bits per heavy atom. The van der Waals surface area contributed by atoms with Crippen molar-refractivity contribution in [2.24, 2.45) is 11.8 Å². The van der Waals surface area contributed by atoms with E-state index in [2.05, 4.69) is 9.64 Å². The molecule has 1 saturated heterocycles. The van der Waals surface area contributed by atoms with E-state index < -0.39 is 24.1 Å². The minimum absolute atomic E-state index is 0.00606. The van der Waals surface area contributed by atoms with Crippen LogP contribution < -0.4 is 4.74 Å². The number of ether oxygens (including phenoxy) is 1. The van der Waals surface area contributed by atoms with Gasteiger partial charge in [-0.2, -0.15) is 13.2 Å². The van der Waals surface area contributed by atoms with E-state index in [4.69, 9.17) is 5.11 Å². The van der Waals surface area contributed by atoms with Crippen LogP contribution in [0, 0.1) is 11.8 Å². The van der Waals surface area contributed by atoms with Crippen LogP contribution in [0.5, 0.6) is 5.75 Å². The van der Waals surface area contributed by atoms with Crippen molar-refractivity contribution in [3.05, 3.63) is 53.6 Å². The minimum Gasteiger partial charge on any atom is -0.481 e. The van der Waals surface area contributed by atoms with Gasteiger partial charge in [-0.15, -0.1) is 13.2 Å². The largest absolute Gasteiger partial charge is 0.573 e. The third-order valence-corrected chi connectivity index (χ3v) is 5.83. The van der Waals surface area contributed by atoms with Gasteiger partial charge in [0.2, 0.25) is 0 Å². The number of carbonyl (C=O) groups is 1. The first-order chi connectivity index (χ1) is 14.9. The Morgan fingerprint density at radius 3 is 2.34 bits per heavy atom. The van der Waals surface area contributed by atoms with Gasteiger partial charge in [-0.3, -0.25) is 9.69 Å². The lowest BCUT2D eigenvalue weighted by atomic mass is 9.79. The Balaban J connectivity index is 1.72. The van der Waals surface area contributed by atoms with Gasteiger partial charge in [0.1, 0.15) is 5.75 Å². The molecule has 32 heavy (non-hydrogen) atoms. The molecular formula is C22H23F6NO3. The van der Waals surface area contributed by atoms with E-state index in [0.29, 0.717) is 25.9 Å². The zero-order chi connectivity index (χ0) is 23.5. The van der Waals surface area contributed by atoms with E-state index in [9.17, 15) is 31.1 Å². The van der Waals surface area contributed by atoms with Gasteiger partial charge in [0.25, 0.3) is 0 Å². The van der Waals surface area contributed by atoms with Gasteiger partial charge < -0.3 is 9.84 Å². The van der Waals surface area contributed by atoms with Crippen LogP contribution in [0.15, 0.2) is 48.1 Å². The third-order valence-electron chi connectivity index (χ3n) is 5.83. The molecule has 10 heteroatoms. The highest BCUT2D eigenvalue weighted by molar-refractivity contribution is 5.67. The van der Waals surface area contributed by atoms with Crippen molar-refractivity contribution in [2.45, 2.75) is 50.8 Å². The van der Waals surface area contributed by atoms with E-state index in [1.54, 1.807) is 0 Å². The van der Waals surface area contributed by atoms with Gasteiger partial charge in [0.15, 0.2) is 0 Å². The number of alkyl halides is 6. The summed E-state index contributed by atoms with van der Waals surface area (Å²) >= 11 is 0. The molecule has 3 rings (SSSR count). The second-order valence-corrected chi connectivity index (χ2v) is 8.13. The Morgan fingerprint density at radius 1 is 1.12 bits per heavy atom. The van der Waals surface area contributed by atoms with Gasteiger partial charge in [0.05, 0.1) is 5.57 Å². The van der Waals surface area contributed by atoms with Crippen LogP contribution >= 0.6 is 0 Å². The van der Waals surface area contributed by atoms with Crippen molar-refractivity contribution in [3.63, 3.8) is 0 Å². The molecule has 0 amide bonds. The second-order valence-electron chi connectivity index (χ2n) is 8.13. The molecule has 1 aromatic rings. The summed E-state index contributed by atoms with van der Waals surface area (Å²) in [6, 6.07) is 5.28. The van der Waals surface area contributed by atoms with E-state index >= 15 is 0 Å². The van der Waals surface area contributed by atoms with E-state index in [1.807, 2.05) is 0 Å². The number of carboxylic acids is 1. The van der Waals surface area contributed by atoms with Crippen molar-refractivity contribution >= 4 is 5.97 Å². The number of hydrogen-bond acceptors (Lipinski definition) is 3. The normalized spacial score (nSPS) is 24.8. The fourth-order valence-corrected chi connectivity index (χ4v) is 4.36. The molecule has 1 heterocycles. The molecule has 1 unspecified atom stereocenters. The number of benzene rings is 1. The molecule has 3 atom stereocenters. The molecule has 0 radical (unpaired) electrons. The molecule has 0 saturated carbocycles. The summed E-state index contributed by atoms with van der Waals surface area (Å²) in [6.45, 7) is 0.931. The van der Waals surface area contributed by atoms with Crippen LogP contribution in [-0.4, -0.2) is 41.1 Å². The monoisotopic (exact) mass is 463 g/mol. The Hall–Kier alpha value is -2.49. The van der Waals surface area contributed by atoms with Crippen LogP contribution in [0.3, 0.4) is 0 Å². The molecule has 1 aromatic carbocycles. The van der Waals surface area contributed by atoms with Crippen molar-refractivity contribution in [3.8, 4) is 5.75 Å². The number of carboxylic acid groups (broad SMARTS) is 1. The van der Waals surface area contributed by atoms with Crippen LogP contribution in [0.25, 0.3) is 0 Å². The lowest BCUT2D eigenvalue weighted by molar-refractivity contribution is -0.274. The van der Waals surface area contributed by atoms with Crippen LogP contribution in [-0.2, 0) is 11.3 Å². The molecule has 1 aliphatic carbocycles. The predicted octanol–water partition coefficient (Wildman–Crippen LogP) is 5.71. The number of rotatable bonds is 6. The van der Waals surface area contributed by atoms with Crippen LogP contribution in [0.1, 0.15) is 31.2 Å². The molecule has 176 valence electrons. The highest BCUT2D eigenvalue weighted by atomic mass is 19.4. The van der Waals surface area contributed by atoms with Gasteiger partial charge in [-0.05, 0) is 55.3 Å². The molecule has 2 aliphatic rings. The Kier molecular flexibility index (Phi) is 7.22. The maximum Gasteiger partial charge on any atom is 0.573 e. The van der Waals surface area contributed by atoms with Gasteiger partial charge in [-0.1, -0.05) is 30.4 Å². The summed E-state index contributed by atoms with van der Waals surface area (Å²) in [6.07, 6.45) is -4.12. The molecule has 0 spiro atoms. The quantitative estimate of drug-likeness (QED) is 0.550. The van der Waals surface area contributed by atoms with Crippen molar-refractivity contribution in [2.75, 3.05) is 6.54 Å². The lowest BCUT2D eigenvalue weighted by Gasteiger charge is -2.43. The van der Waals surface area contributed by atoms with Gasteiger partial charge >= 0.3 is 18.5 Å². The van der Waals surface area contributed by atoms with E-state index in [1.165, 1.54) is 30.3 Å². The molecule has 1 N–H and O–H groups in total. The first-order valence-electron chi connectivity index (χ1n) is 10.2. The summed E-state index contributed by atoms with van der Waals surface area (Å²) < 4.78 is 79.7. The maximum atomic E-state index is 12.9. The number of piperidine rings is 1.